The van der Waals surface area contributed by atoms with E-state index in [1.165, 1.54) is 0 Å². The maximum atomic E-state index is 10.8. The highest BCUT2D eigenvalue weighted by Gasteiger charge is 2.10. The fourth-order valence-corrected chi connectivity index (χ4v) is 1.50. The number of nitrogens with zero attached hydrogens (tertiary/aromatic N) is 1. The normalized spacial score (nSPS) is 10.4. The molecule has 2 N–H and O–H groups in total. The van der Waals surface area contributed by atoms with E-state index in [2.05, 4.69) is 17.6 Å². The minimum Gasteiger partial charge on any atom is -0.385 e. The SMILES string of the molecule is CCCNc1cc(NC(C)C)cc([N+](=O)[O-])c1. The maximum absolute atomic E-state index is 10.8. The summed E-state index contributed by atoms with van der Waals surface area (Å²) in [5.41, 5.74) is 1.66. The van der Waals surface area contributed by atoms with E-state index in [0.29, 0.717) is 0 Å². The minimum atomic E-state index is -0.372. The van der Waals surface area contributed by atoms with Gasteiger partial charge in [0.15, 0.2) is 0 Å². The van der Waals surface area contributed by atoms with Crippen LogP contribution in [0, 0.1) is 10.1 Å². The molecular formula is C12H19N3O2. The molecule has 0 aromatic heterocycles. The molecule has 0 atom stereocenters. The maximum Gasteiger partial charge on any atom is 0.273 e. The van der Waals surface area contributed by atoms with E-state index < -0.39 is 0 Å². The van der Waals surface area contributed by atoms with Crippen LogP contribution in [0.3, 0.4) is 0 Å². The first-order chi connectivity index (χ1) is 8.02. The highest BCUT2D eigenvalue weighted by Crippen LogP contribution is 2.24. The van der Waals surface area contributed by atoms with Crippen molar-refractivity contribution in [3.8, 4) is 0 Å². The molecule has 0 saturated carbocycles. The van der Waals surface area contributed by atoms with E-state index in [4.69, 9.17) is 0 Å². The summed E-state index contributed by atoms with van der Waals surface area (Å²) < 4.78 is 0. The molecule has 5 heteroatoms. The second-order valence-electron chi connectivity index (χ2n) is 4.25. The van der Waals surface area contributed by atoms with Gasteiger partial charge in [0.05, 0.1) is 4.92 Å². The lowest BCUT2D eigenvalue weighted by Gasteiger charge is -2.12. The molecule has 0 heterocycles. The van der Waals surface area contributed by atoms with Crippen LogP contribution < -0.4 is 10.6 Å². The van der Waals surface area contributed by atoms with Gasteiger partial charge in [-0.05, 0) is 26.3 Å². The van der Waals surface area contributed by atoms with E-state index in [-0.39, 0.29) is 16.7 Å². The first kappa shape index (κ1) is 13.3. The van der Waals surface area contributed by atoms with Gasteiger partial charge in [-0.25, -0.2) is 0 Å². The lowest BCUT2D eigenvalue weighted by atomic mass is 10.2. The van der Waals surface area contributed by atoms with Crippen molar-refractivity contribution in [2.75, 3.05) is 17.2 Å². The van der Waals surface area contributed by atoms with Gasteiger partial charge in [0.25, 0.3) is 5.69 Å². The summed E-state index contributed by atoms with van der Waals surface area (Å²) in [7, 11) is 0. The number of hydrogen-bond acceptors (Lipinski definition) is 4. The summed E-state index contributed by atoms with van der Waals surface area (Å²) in [6.07, 6.45) is 0.982. The molecule has 0 amide bonds. The average molecular weight is 237 g/mol. The lowest BCUT2D eigenvalue weighted by molar-refractivity contribution is -0.384. The Bertz CT molecular complexity index is 391. The quantitative estimate of drug-likeness (QED) is 0.588. The highest BCUT2D eigenvalue weighted by atomic mass is 16.6. The summed E-state index contributed by atoms with van der Waals surface area (Å²) in [5.74, 6) is 0. The molecule has 0 aliphatic carbocycles. The number of nitro groups is 1. The van der Waals surface area contributed by atoms with Gasteiger partial charge in [-0.1, -0.05) is 6.92 Å². The molecule has 0 saturated heterocycles. The van der Waals surface area contributed by atoms with Crippen LogP contribution in [0.4, 0.5) is 17.1 Å². The molecule has 0 fully saturated rings. The van der Waals surface area contributed by atoms with Crippen LogP contribution in [0.2, 0.25) is 0 Å². The predicted molar refractivity (Wildman–Crippen MR) is 70.6 cm³/mol. The molecule has 0 aliphatic heterocycles. The van der Waals surface area contributed by atoms with Crippen LogP contribution in [0.15, 0.2) is 18.2 Å². The summed E-state index contributed by atoms with van der Waals surface area (Å²) in [6.45, 7) is 6.86. The van der Waals surface area contributed by atoms with E-state index in [1.807, 2.05) is 19.9 Å². The third-order valence-electron chi connectivity index (χ3n) is 2.16. The van der Waals surface area contributed by atoms with Crippen LogP contribution in [-0.4, -0.2) is 17.5 Å². The molecular weight excluding hydrogens is 218 g/mol. The molecule has 0 aliphatic rings. The molecule has 0 bridgehead atoms. The standard InChI is InChI=1S/C12H19N3O2/c1-4-5-13-10-6-11(14-9(2)3)8-12(7-10)15(16)17/h6-9,13-14H,4-5H2,1-3H3. The van der Waals surface area contributed by atoms with Crippen molar-refractivity contribution in [1.82, 2.24) is 0 Å². The van der Waals surface area contributed by atoms with Gasteiger partial charge in [0.1, 0.15) is 0 Å². The zero-order valence-corrected chi connectivity index (χ0v) is 10.5. The number of nitrogens with one attached hydrogen (secondary N) is 2. The number of anilines is 2. The smallest absolute Gasteiger partial charge is 0.273 e. The highest BCUT2D eigenvalue weighted by molar-refractivity contribution is 5.63. The Morgan fingerprint density at radius 1 is 1.29 bits per heavy atom. The van der Waals surface area contributed by atoms with Gasteiger partial charge in [-0.3, -0.25) is 10.1 Å². The molecule has 94 valence electrons. The second-order valence-corrected chi connectivity index (χ2v) is 4.25. The molecule has 0 radical (unpaired) electrons. The van der Waals surface area contributed by atoms with E-state index >= 15 is 0 Å². The zero-order valence-electron chi connectivity index (χ0n) is 10.5. The lowest BCUT2D eigenvalue weighted by Crippen LogP contribution is -2.10. The third-order valence-corrected chi connectivity index (χ3v) is 2.16. The monoisotopic (exact) mass is 237 g/mol. The Labute approximate surface area is 101 Å². The Balaban J connectivity index is 2.96. The fraction of sp³-hybridized carbons (Fsp3) is 0.500. The molecule has 1 aromatic rings. The third kappa shape index (κ3) is 4.30. The van der Waals surface area contributed by atoms with Crippen LogP contribution in [0.1, 0.15) is 27.2 Å². The predicted octanol–water partition coefficient (Wildman–Crippen LogP) is 3.24. The van der Waals surface area contributed by atoms with Crippen LogP contribution >= 0.6 is 0 Å². The van der Waals surface area contributed by atoms with E-state index in [9.17, 15) is 10.1 Å². The Hall–Kier alpha value is -1.78. The summed E-state index contributed by atoms with van der Waals surface area (Å²) >= 11 is 0. The molecule has 17 heavy (non-hydrogen) atoms. The number of hydrogen-bond donors (Lipinski definition) is 2. The van der Waals surface area contributed by atoms with E-state index in [1.54, 1.807) is 12.1 Å². The van der Waals surface area contributed by atoms with Crippen molar-refractivity contribution in [1.29, 1.82) is 0 Å². The molecule has 1 rings (SSSR count). The number of benzene rings is 1. The Kier molecular flexibility index (Phi) is 4.75. The molecule has 0 unspecified atom stereocenters. The van der Waals surface area contributed by atoms with Gasteiger partial charge in [-0.2, -0.15) is 0 Å². The largest absolute Gasteiger partial charge is 0.385 e. The zero-order chi connectivity index (χ0) is 12.8. The first-order valence-corrected chi connectivity index (χ1v) is 5.82. The van der Waals surface area contributed by atoms with Gasteiger partial charge in [-0.15, -0.1) is 0 Å². The Morgan fingerprint density at radius 2 is 1.94 bits per heavy atom. The number of rotatable bonds is 6. The summed E-state index contributed by atoms with van der Waals surface area (Å²) in [4.78, 5) is 10.4. The van der Waals surface area contributed by atoms with Crippen molar-refractivity contribution in [3.05, 3.63) is 28.3 Å². The summed E-state index contributed by atoms with van der Waals surface area (Å²) in [6, 6.07) is 5.25. The Morgan fingerprint density at radius 3 is 2.47 bits per heavy atom. The first-order valence-electron chi connectivity index (χ1n) is 5.82. The second kappa shape index (κ2) is 6.08. The van der Waals surface area contributed by atoms with Crippen molar-refractivity contribution < 1.29 is 4.92 Å². The molecule has 1 aromatic carbocycles. The van der Waals surface area contributed by atoms with Gasteiger partial charge in [0.2, 0.25) is 0 Å². The average Bonchev–Trinajstić information content (AvgIpc) is 2.25. The van der Waals surface area contributed by atoms with Gasteiger partial charge < -0.3 is 10.6 Å². The number of nitro benzene ring substituents is 1. The molecule has 0 spiro atoms. The topological polar surface area (TPSA) is 67.2 Å². The van der Waals surface area contributed by atoms with Crippen LogP contribution in [-0.2, 0) is 0 Å². The van der Waals surface area contributed by atoms with Gasteiger partial charge in [0, 0.05) is 36.1 Å². The van der Waals surface area contributed by atoms with Crippen molar-refractivity contribution >= 4 is 17.1 Å². The van der Waals surface area contributed by atoms with Crippen molar-refractivity contribution in [3.63, 3.8) is 0 Å². The summed E-state index contributed by atoms with van der Waals surface area (Å²) in [5, 5.41) is 17.1. The van der Waals surface area contributed by atoms with Gasteiger partial charge >= 0.3 is 0 Å². The van der Waals surface area contributed by atoms with Crippen molar-refractivity contribution in [2.45, 2.75) is 33.2 Å². The minimum absolute atomic E-state index is 0.106. The van der Waals surface area contributed by atoms with Crippen LogP contribution in [0.5, 0.6) is 0 Å². The molecule has 5 nitrogen and oxygen atoms in total. The van der Waals surface area contributed by atoms with E-state index in [0.717, 1.165) is 24.3 Å². The van der Waals surface area contributed by atoms with Crippen LogP contribution in [0.25, 0.3) is 0 Å². The van der Waals surface area contributed by atoms with Crippen molar-refractivity contribution in [2.24, 2.45) is 0 Å². The fourth-order valence-electron chi connectivity index (χ4n) is 1.50. The number of non-ortho nitro benzene ring substituents is 1.